The molecule has 0 aromatic rings. The van der Waals surface area contributed by atoms with Gasteiger partial charge in [-0.1, -0.05) is 24.0 Å². The van der Waals surface area contributed by atoms with E-state index in [1.54, 1.807) is 11.1 Å². The highest BCUT2D eigenvalue weighted by Gasteiger charge is 2.73. The minimum Gasteiger partial charge on any atom is -0.392 e. The van der Waals surface area contributed by atoms with Crippen molar-refractivity contribution in [3.8, 4) is 0 Å². The van der Waals surface area contributed by atoms with Crippen molar-refractivity contribution in [2.45, 2.75) is 51.4 Å². The highest BCUT2D eigenvalue weighted by molar-refractivity contribution is 5.67. The first-order chi connectivity index (χ1) is 8.83. The molecule has 98 valence electrons. The van der Waals surface area contributed by atoms with Gasteiger partial charge in [0.25, 0.3) is 0 Å². The molecule has 4 rings (SSSR count). The molecule has 2 unspecified atom stereocenters. The fraction of sp³-hybridized carbons (Fsp3) is 0.750. The minimum absolute atomic E-state index is 0.161. The fourth-order valence-electron chi connectivity index (χ4n) is 5.90. The highest BCUT2D eigenvalue weighted by atomic mass is 16.3. The summed E-state index contributed by atoms with van der Waals surface area (Å²) < 4.78 is 0. The van der Waals surface area contributed by atoms with E-state index in [1.165, 1.54) is 62.5 Å². The molecule has 2 atom stereocenters. The van der Waals surface area contributed by atoms with E-state index < -0.39 is 0 Å². The molecule has 0 aliphatic heterocycles. The van der Waals surface area contributed by atoms with E-state index in [4.69, 9.17) is 0 Å². The number of rotatable bonds is 2. The second-order valence-corrected chi connectivity index (χ2v) is 6.46. The van der Waals surface area contributed by atoms with Crippen LogP contribution in [0.5, 0.6) is 0 Å². The maximum atomic E-state index is 9.74. The number of aliphatic hydroxyl groups is 2. The maximum Gasteiger partial charge on any atom is 0.0654 e. The van der Waals surface area contributed by atoms with Gasteiger partial charge in [-0.2, -0.15) is 0 Å². The van der Waals surface area contributed by atoms with Crippen LogP contribution < -0.4 is 0 Å². The first kappa shape index (κ1) is 11.2. The summed E-state index contributed by atoms with van der Waals surface area (Å²) in [6.07, 6.45) is 10.2. The zero-order valence-corrected chi connectivity index (χ0v) is 11.0. The molecule has 2 N–H and O–H groups in total. The largest absolute Gasteiger partial charge is 0.392 e. The molecule has 1 saturated carbocycles. The minimum atomic E-state index is 0.161. The van der Waals surface area contributed by atoms with Crippen LogP contribution >= 0.6 is 0 Å². The monoisotopic (exact) mass is 246 g/mol. The summed E-state index contributed by atoms with van der Waals surface area (Å²) in [7, 11) is 0. The normalized spacial score (nSPS) is 41.7. The summed E-state index contributed by atoms with van der Waals surface area (Å²) in [6.45, 7) is 0.322. The maximum absolute atomic E-state index is 9.74. The topological polar surface area (TPSA) is 40.5 Å². The lowest BCUT2D eigenvalue weighted by Gasteiger charge is -2.74. The van der Waals surface area contributed by atoms with Crippen molar-refractivity contribution in [1.29, 1.82) is 0 Å². The lowest BCUT2D eigenvalue weighted by molar-refractivity contribution is -0.00638. The molecule has 0 aromatic heterocycles. The molecule has 0 heterocycles. The first-order valence-corrected chi connectivity index (χ1v) is 7.50. The van der Waals surface area contributed by atoms with E-state index in [9.17, 15) is 10.2 Å². The molecule has 0 aromatic carbocycles. The summed E-state index contributed by atoms with van der Waals surface area (Å²) in [6, 6.07) is 0. The van der Waals surface area contributed by atoms with E-state index in [-0.39, 0.29) is 24.0 Å². The van der Waals surface area contributed by atoms with Crippen molar-refractivity contribution in [2.24, 2.45) is 10.8 Å². The highest BCUT2D eigenvalue weighted by Crippen LogP contribution is 2.82. The Morgan fingerprint density at radius 1 is 0.722 bits per heavy atom. The quantitative estimate of drug-likeness (QED) is 0.735. The lowest BCUT2D eigenvalue weighted by atomic mass is 9.29. The molecule has 0 saturated heterocycles. The zero-order valence-electron chi connectivity index (χ0n) is 11.0. The molecule has 0 amide bonds. The van der Waals surface area contributed by atoms with Crippen LogP contribution in [-0.4, -0.2) is 23.4 Å². The Morgan fingerprint density at radius 3 is 1.56 bits per heavy atom. The Kier molecular flexibility index (Phi) is 2.18. The molecule has 4 aliphatic carbocycles. The Hall–Kier alpha value is -0.600. The van der Waals surface area contributed by atoms with Gasteiger partial charge in [0.2, 0.25) is 0 Å². The lowest BCUT2D eigenvalue weighted by Crippen LogP contribution is -2.66. The van der Waals surface area contributed by atoms with Crippen molar-refractivity contribution in [1.82, 2.24) is 0 Å². The van der Waals surface area contributed by atoms with Gasteiger partial charge in [0.05, 0.1) is 13.2 Å². The van der Waals surface area contributed by atoms with Gasteiger partial charge in [0, 0.05) is 10.8 Å². The summed E-state index contributed by atoms with van der Waals surface area (Å²) in [5.74, 6) is 0. The van der Waals surface area contributed by atoms with E-state index in [1.807, 2.05) is 0 Å². The standard InChI is InChI=1S/C16H22O2/c17-9-13-14(10-18)16-8-4-3-7-15(13,16)11-5-1-2-6-12(11)16/h17-18H,1-10H2. The number of aliphatic hydroxyl groups excluding tert-OH is 2. The number of allylic oxidation sites excluding steroid dienone is 2. The third-order valence-corrected chi connectivity index (χ3v) is 6.29. The smallest absolute Gasteiger partial charge is 0.0654 e. The predicted octanol–water partition coefficient (Wildman–Crippen LogP) is 2.71. The van der Waals surface area contributed by atoms with Gasteiger partial charge < -0.3 is 10.2 Å². The van der Waals surface area contributed by atoms with E-state index in [2.05, 4.69) is 0 Å². The molecule has 18 heavy (non-hydrogen) atoms. The van der Waals surface area contributed by atoms with Crippen LogP contribution in [0.1, 0.15) is 51.4 Å². The van der Waals surface area contributed by atoms with Crippen molar-refractivity contribution in [3.63, 3.8) is 0 Å². The second-order valence-electron chi connectivity index (χ2n) is 6.46. The molecule has 1 fully saturated rings. The molecule has 0 radical (unpaired) electrons. The summed E-state index contributed by atoms with van der Waals surface area (Å²) >= 11 is 0. The van der Waals surface area contributed by atoms with Gasteiger partial charge in [-0.3, -0.25) is 0 Å². The Balaban J connectivity index is 1.89. The number of hydrogen-bond acceptors (Lipinski definition) is 2. The fourth-order valence-corrected chi connectivity index (χ4v) is 5.90. The van der Waals surface area contributed by atoms with Crippen LogP contribution in [0.3, 0.4) is 0 Å². The Bertz CT molecular complexity index is 413. The summed E-state index contributed by atoms with van der Waals surface area (Å²) in [5, 5.41) is 19.5. The van der Waals surface area contributed by atoms with E-state index >= 15 is 0 Å². The van der Waals surface area contributed by atoms with Crippen molar-refractivity contribution in [3.05, 3.63) is 22.3 Å². The summed E-state index contributed by atoms with van der Waals surface area (Å²) in [4.78, 5) is 0. The van der Waals surface area contributed by atoms with Gasteiger partial charge in [-0.05, 0) is 49.7 Å². The molecule has 0 bridgehead atoms. The van der Waals surface area contributed by atoms with Crippen LogP contribution in [-0.2, 0) is 0 Å². The molecular weight excluding hydrogens is 224 g/mol. The first-order valence-electron chi connectivity index (χ1n) is 7.50. The third-order valence-electron chi connectivity index (χ3n) is 6.29. The average molecular weight is 246 g/mol. The molecular formula is C16H22O2. The van der Waals surface area contributed by atoms with E-state index in [0.717, 1.165) is 0 Å². The van der Waals surface area contributed by atoms with Crippen LogP contribution in [0.4, 0.5) is 0 Å². The Morgan fingerprint density at radius 2 is 1.17 bits per heavy atom. The van der Waals surface area contributed by atoms with E-state index in [0.29, 0.717) is 0 Å². The van der Waals surface area contributed by atoms with Crippen LogP contribution in [0.15, 0.2) is 22.3 Å². The van der Waals surface area contributed by atoms with Crippen LogP contribution in [0.2, 0.25) is 0 Å². The molecule has 0 spiro atoms. The van der Waals surface area contributed by atoms with Crippen molar-refractivity contribution >= 4 is 0 Å². The van der Waals surface area contributed by atoms with Gasteiger partial charge >= 0.3 is 0 Å². The molecule has 4 aliphatic rings. The SMILES string of the molecule is OCC1=C(CO)C23CCCCC12C1=C3CCCC1. The van der Waals surface area contributed by atoms with Gasteiger partial charge in [0.1, 0.15) is 0 Å². The third kappa shape index (κ3) is 0.875. The van der Waals surface area contributed by atoms with Crippen molar-refractivity contribution < 1.29 is 10.2 Å². The van der Waals surface area contributed by atoms with Crippen LogP contribution in [0.25, 0.3) is 0 Å². The average Bonchev–Trinajstić information content (AvgIpc) is 2.39. The molecule has 2 heteroatoms. The summed E-state index contributed by atoms with van der Waals surface area (Å²) in [5.41, 5.74) is 6.18. The predicted molar refractivity (Wildman–Crippen MR) is 70.0 cm³/mol. The van der Waals surface area contributed by atoms with Gasteiger partial charge in [0.15, 0.2) is 0 Å². The van der Waals surface area contributed by atoms with Crippen molar-refractivity contribution in [2.75, 3.05) is 13.2 Å². The number of hydrogen-bond donors (Lipinski definition) is 2. The van der Waals surface area contributed by atoms with Gasteiger partial charge in [-0.25, -0.2) is 0 Å². The zero-order chi connectivity index (χ0) is 12.4. The van der Waals surface area contributed by atoms with Gasteiger partial charge in [-0.15, -0.1) is 0 Å². The second kappa shape index (κ2) is 3.49. The van der Waals surface area contributed by atoms with Crippen LogP contribution in [0, 0.1) is 10.8 Å². The Labute approximate surface area is 108 Å². The molecule has 2 nitrogen and oxygen atoms in total.